The smallest absolute Gasteiger partial charge is 0.229 e. The Morgan fingerprint density at radius 2 is 2.14 bits per heavy atom. The third-order valence-corrected chi connectivity index (χ3v) is 3.05. The van der Waals surface area contributed by atoms with Gasteiger partial charge in [-0.05, 0) is 26.0 Å². The maximum Gasteiger partial charge on any atom is 0.229 e. The first kappa shape index (κ1) is 16.8. The molecule has 0 unspecified atom stereocenters. The van der Waals surface area contributed by atoms with Gasteiger partial charge in [0.1, 0.15) is 11.5 Å². The quantitative estimate of drug-likeness (QED) is 0.847. The average molecular weight is 312 g/mol. The lowest BCUT2D eigenvalue weighted by Crippen LogP contribution is -2.16. The van der Waals surface area contributed by atoms with E-state index in [4.69, 9.17) is 15.0 Å². The Kier molecular flexibility index (Phi) is 5.60. The van der Waals surface area contributed by atoms with E-state index in [-0.39, 0.29) is 24.7 Å². The van der Waals surface area contributed by atoms with Gasteiger partial charge in [0.15, 0.2) is 0 Å². The van der Waals surface area contributed by atoms with Crippen LogP contribution in [-0.2, 0) is 11.2 Å². The number of ether oxygens (including phenoxy) is 1. The second-order valence-corrected chi connectivity index (χ2v) is 4.48. The van der Waals surface area contributed by atoms with Crippen LogP contribution in [0, 0.1) is 13.8 Å². The lowest BCUT2D eigenvalue weighted by molar-refractivity contribution is -0.115. The lowest BCUT2D eigenvalue weighted by atomic mass is 10.1. The zero-order valence-corrected chi connectivity index (χ0v) is 12.9. The maximum atomic E-state index is 12.1. The second kappa shape index (κ2) is 6.99. The van der Waals surface area contributed by atoms with Crippen molar-refractivity contribution in [2.24, 2.45) is 0 Å². The number of hydrogen-bond acceptors (Lipinski definition) is 5. The standard InChI is InChI=1S/C14H17N3O3.ClH/c1-8-11(9(2)20-17-8)7-14(18)16-13-6-10(19-3)4-5-12(13)15;/h4-6H,7,15H2,1-3H3,(H,16,18);1H. The van der Waals surface area contributed by atoms with Gasteiger partial charge in [-0.2, -0.15) is 0 Å². The molecule has 0 radical (unpaired) electrons. The fraction of sp³-hybridized carbons (Fsp3) is 0.286. The predicted molar refractivity (Wildman–Crippen MR) is 83.0 cm³/mol. The van der Waals surface area contributed by atoms with Crippen LogP contribution in [0.5, 0.6) is 5.75 Å². The molecule has 0 saturated heterocycles. The zero-order valence-electron chi connectivity index (χ0n) is 12.1. The molecule has 2 aromatic rings. The highest BCUT2D eigenvalue weighted by Crippen LogP contribution is 2.24. The molecule has 0 aliphatic rings. The van der Waals surface area contributed by atoms with Gasteiger partial charge >= 0.3 is 0 Å². The van der Waals surface area contributed by atoms with Crippen LogP contribution in [0.3, 0.4) is 0 Å². The summed E-state index contributed by atoms with van der Waals surface area (Å²) in [7, 11) is 1.56. The third kappa shape index (κ3) is 3.88. The largest absolute Gasteiger partial charge is 0.497 e. The van der Waals surface area contributed by atoms with Crippen molar-refractivity contribution in [3.05, 3.63) is 35.2 Å². The number of nitrogen functional groups attached to an aromatic ring is 1. The number of hydrogen-bond donors (Lipinski definition) is 2. The fourth-order valence-electron chi connectivity index (χ4n) is 1.88. The normalized spacial score (nSPS) is 9.86. The van der Waals surface area contributed by atoms with E-state index in [1.54, 1.807) is 39.2 Å². The maximum absolute atomic E-state index is 12.1. The van der Waals surface area contributed by atoms with E-state index in [9.17, 15) is 4.79 Å². The van der Waals surface area contributed by atoms with Crippen LogP contribution < -0.4 is 15.8 Å². The summed E-state index contributed by atoms with van der Waals surface area (Å²) >= 11 is 0. The number of nitrogens with zero attached hydrogens (tertiary/aromatic N) is 1. The number of nitrogens with two attached hydrogens (primary N) is 1. The van der Waals surface area contributed by atoms with Crippen molar-refractivity contribution in [3.8, 4) is 5.75 Å². The van der Waals surface area contributed by atoms with Gasteiger partial charge in [0.05, 0.1) is 30.6 Å². The van der Waals surface area contributed by atoms with Gasteiger partial charge in [0.25, 0.3) is 0 Å². The van der Waals surface area contributed by atoms with Gasteiger partial charge in [0.2, 0.25) is 5.91 Å². The van der Waals surface area contributed by atoms with Gasteiger partial charge in [-0.3, -0.25) is 4.79 Å². The molecule has 0 fully saturated rings. The summed E-state index contributed by atoms with van der Waals surface area (Å²) in [6.07, 6.45) is 0.192. The summed E-state index contributed by atoms with van der Waals surface area (Å²) < 4.78 is 10.1. The molecule has 0 spiro atoms. The van der Waals surface area contributed by atoms with Crippen LogP contribution in [0.1, 0.15) is 17.0 Å². The molecular formula is C14H18ClN3O3. The Labute approximate surface area is 129 Å². The molecular weight excluding hydrogens is 294 g/mol. The fourth-order valence-corrected chi connectivity index (χ4v) is 1.88. The molecule has 1 aromatic heterocycles. The van der Waals surface area contributed by atoms with Crippen LogP contribution in [-0.4, -0.2) is 18.2 Å². The third-order valence-electron chi connectivity index (χ3n) is 3.05. The molecule has 0 aliphatic carbocycles. The van der Waals surface area contributed by atoms with Gasteiger partial charge < -0.3 is 20.3 Å². The minimum Gasteiger partial charge on any atom is -0.497 e. The number of aryl methyl sites for hydroxylation is 2. The Morgan fingerprint density at radius 3 is 2.71 bits per heavy atom. The average Bonchev–Trinajstić information content (AvgIpc) is 2.73. The molecule has 114 valence electrons. The lowest BCUT2D eigenvalue weighted by Gasteiger charge is -2.09. The van der Waals surface area contributed by atoms with Gasteiger partial charge in [0, 0.05) is 11.6 Å². The first-order valence-electron chi connectivity index (χ1n) is 6.16. The van der Waals surface area contributed by atoms with E-state index in [0.29, 0.717) is 22.9 Å². The van der Waals surface area contributed by atoms with Crippen LogP contribution in [0.25, 0.3) is 0 Å². The number of benzene rings is 1. The topological polar surface area (TPSA) is 90.4 Å². The minimum absolute atomic E-state index is 0. The Balaban J connectivity index is 0.00000220. The molecule has 3 N–H and O–H groups in total. The number of anilines is 2. The summed E-state index contributed by atoms with van der Waals surface area (Å²) in [4.78, 5) is 12.1. The number of nitrogens with one attached hydrogen (secondary N) is 1. The number of halogens is 1. The summed E-state index contributed by atoms with van der Waals surface area (Å²) in [5, 5.41) is 6.59. The van der Waals surface area contributed by atoms with Gasteiger partial charge in [-0.25, -0.2) is 0 Å². The van der Waals surface area contributed by atoms with E-state index in [1.165, 1.54) is 0 Å². The molecule has 6 nitrogen and oxygen atoms in total. The molecule has 2 rings (SSSR count). The van der Waals surface area contributed by atoms with E-state index in [0.717, 1.165) is 11.3 Å². The van der Waals surface area contributed by atoms with E-state index >= 15 is 0 Å². The molecule has 0 atom stereocenters. The molecule has 0 saturated carbocycles. The number of amides is 1. The molecule has 0 aliphatic heterocycles. The number of methoxy groups -OCH3 is 1. The molecule has 21 heavy (non-hydrogen) atoms. The summed E-state index contributed by atoms with van der Waals surface area (Å²) in [5.41, 5.74) is 8.35. The molecule has 7 heteroatoms. The highest BCUT2D eigenvalue weighted by atomic mass is 35.5. The van der Waals surface area contributed by atoms with Crippen LogP contribution in [0.2, 0.25) is 0 Å². The second-order valence-electron chi connectivity index (χ2n) is 4.48. The van der Waals surface area contributed by atoms with Crippen molar-refractivity contribution in [1.82, 2.24) is 5.16 Å². The molecule has 1 amide bonds. The van der Waals surface area contributed by atoms with Gasteiger partial charge in [-0.15, -0.1) is 12.4 Å². The highest BCUT2D eigenvalue weighted by Gasteiger charge is 2.14. The van der Waals surface area contributed by atoms with Crippen molar-refractivity contribution in [2.75, 3.05) is 18.2 Å². The van der Waals surface area contributed by atoms with Crippen molar-refractivity contribution >= 4 is 29.7 Å². The number of rotatable bonds is 4. The van der Waals surface area contributed by atoms with Crippen molar-refractivity contribution in [2.45, 2.75) is 20.3 Å². The molecule has 1 aromatic carbocycles. The molecule has 1 heterocycles. The molecule has 0 bridgehead atoms. The monoisotopic (exact) mass is 311 g/mol. The summed E-state index contributed by atoms with van der Waals surface area (Å²) in [6, 6.07) is 5.10. The van der Waals surface area contributed by atoms with Crippen LogP contribution in [0.4, 0.5) is 11.4 Å². The zero-order chi connectivity index (χ0) is 14.7. The highest BCUT2D eigenvalue weighted by molar-refractivity contribution is 5.95. The van der Waals surface area contributed by atoms with Crippen LogP contribution >= 0.6 is 12.4 Å². The Hall–Kier alpha value is -2.21. The van der Waals surface area contributed by atoms with E-state index < -0.39 is 0 Å². The minimum atomic E-state index is -0.181. The number of aromatic nitrogens is 1. The number of carbonyl (C=O) groups is 1. The van der Waals surface area contributed by atoms with Crippen molar-refractivity contribution < 1.29 is 14.1 Å². The van der Waals surface area contributed by atoms with E-state index in [1.807, 2.05) is 0 Å². The van der Waals surface area contributed by atoms with E-state index in [2.05, 4.69) is 10.5 Å². The Bertz CT molecular complexity index is 621. The summed E-state index contributed by atoms with van der Waals surface area (Å²) in [5.74, 6) is 1.10. The van der Waals surface area contributed by atoms with Crippen LogP contribution in [0.15, 0.2) is 22.7 Å². The summed E-state index contributed by atoms with van der Waals surface area (Å²) in [6.45, 7) is 3.58. The Morgan fingerprint density at radius 1 is 1.43 bits per heavy atom. The number of carbonyl (C=O) groups excluding carboxylic acids is 1. The van der Waals surface area contributed by atoms with Crippen molar-refractivity contribution in [1.29, 1.82) is 0 Å². The predicted octanol–water partition coefficient (Wildman–Crippen LogP) is 2.49. The van der Waals surface area contributed by atoms with Gasteiger partial charge in [-0.1, -0.05) is 5.16 Å². The first-order valence-corrected chi connectivity index (χ1v) is 6.16. The first-order chi connectivity index (χ1) is 9.51. The van der Waals surface area contributed by atoms with Crippen molar-refractivity contribution in [3.63, 3.8) is 0 Å². The SMILES string of the molecule is COc1ccc(N)c(NC(=O)Cc2c(C)noc2C)c1.Cl.